The van der Waals surface area contributed by atoms with Gasteiger partial charge in [-0.2, -0.15) is 0 Å². The zero-order chi connectivity index (χ0) is 17.7. The van der Waals surface area contributed by atoms with Crippen molar-refractivity contribution in [1.82, 2.24) is 19.8 Å². The topological polar surface area (TPSA) is 67.2 Å². The molecule has 3 heterocycles. The maximum Gasteiger partial charge on any atom is 0.261 e. The average molecular weight is 352 g/mol. The fraction of sp³-hybridized carbons (Fsp3) is 0.550. The molecular weight excluding hydrogens is 328 g/mol. The van der Waals surface area contributed by atoms with E-state index in [1.165, 1.54) is 12.8 Å². The van der Waals surface area contributed by atoms with Gasteiger partial charge in [-0.15, -0.1) is 0 Å². The minimum Gasteiger partial charge on any atom is -0.349 e. The molecule has 2 aromatic rings. The van der Waals surface area contributed by atoms with Crippen molar-refractivity contribution in [2.24, 2.45) is 0 Å². The van der Waals surface area contributed by atoms with Gasteiger partial charge in [-0.25, -0.2) is 4.98 Å². The highest BCUT2D eigenvalue weighted by molar-refractivity contribution is 5.97. The van der Waals surface area contributed by atoms with E-state index in [2.05, 4.69) is 15.2 Å². The van der Waals surface area contributed by atoms with Crippen LogP contribution in [0, 0.1) is 0 Å². The number of fused-ring (bicyclic) bond motifs is 2. The van der Waals surface area contributed by atoms with Gasteiger partial charge in [-0.05, 0) is 50.3 Å². The lowest BCUT2D eigenvalue weighted by Crippen LogP contribution is -2.45. The molecule has 26 heavy (non-hydrogen) atoms. The molecule has 2 fully saturated rings. The Labute approximate surface area is 152 Å². The molecule has 1 saturated carbocycles. The van der Waals surface area contributed by atoms with Crippen LogP contribution in [0.1, 0.15) is 48.3 Å². The predicted molar refractivity (Wildman–Crippen MR) is 99.4 cm³/mol. The molecule has 0 spiro atoms. The number of rotatable bonds is 3. The normalized spacial score (nSPS) is 21.1. The first-order valence-electron chi connectivity index (χ1n) is 9.77. The molecule has 1 amide bonds. The molecule has 2 aliphatic heterocycles. The van der Waals surface area contributed by atoms with Crippen molar-refractivity contribution < 1.29 is 4.79 Å². The number of aromatic nitrogens is 2. The van der Waals surface area contributed by atoms with Gasteiger partial charge >= 0.3 is 0 Å². The lowest BCUT2D eigenvalue weighted by Gasteiger charge is -2.32. The Morgan fingerprint density at radius 1 is 1.12 bits per heavy atom. The van der Waals surface area contributed by atoms with E-state index < -0.39 is 0 Å². The third-order valence-electron chi connectivity index (χ3n) is 6.01. The summed E-state index contributed by atoms with van der Waals surface area (Å²) in [4.78, 5) is 32.4. The molecule has 1 aromatic carbocycles. The summed E-state index contributed by atoms with van der Waals surface area (Å²) < 4.78 is 1.76. The van der Waals surface area contributed by atoms with Crippen LogP contribution >= 0.6 is 0 Å². The second-order valence-electron chi connectivity index (χ2n) is 7.84. The molecule has 0 bridgehead atoms. The summed E-state index contributed by atoms with van der Waals surface area (Å²) in [6.07, 6.45) is 6.51. The Kier molecular flexibility index (Phi) is 3.81. The van der Waals surface area contributed by atoms with E-state index in [4.69, 9.17) is 0 Å². The van der Waals surface area contributed by atoms with E-state index >= 15 is 0 Å². The molecule has 1 N–H and O–H groups in total. The number of nitrogens with zero attached hydrogens (tertiary/aromatic N) is 3. The Balaban J connectivity index is 1.33. The Morgan fingerprint density at radius 3 is 2.69 bits per heavy atom. The van der Waals surface area contributed by atoms with Gasteiger partial charge in [0, 0.05) is 43.7 Å². The monoisotopic (exact) mass is 352 g/mol. The molecule has 1 saturated heterocycles. The van der Waals surface area contributed by atoms with Gasteiger partial charge in [0.15, 0.2) is 0 Å². The minimum absolute atomic E-state index is 0.0157. The maximum absolute atomic E-state index is 12.7. The highest BCUT2D eigenvalue weighted by atomic mass is 16.1. The molecule has 0 radical (unpaired) electrons. The van der Waals surface area contributed by atoms with Crippen molar-refractivity contribution in [3.63, 3.8) is 0 Å². The summed E-state index contributed by atoms with van der Waals surface area (Å²) in [5.74, 6) is 0.784. The van der Waals surface area contributed by atoms with E-state index in [1.54, 1.807) is 22.8 Å². The molecule has 1 aliphatic carbocycles. The number of aryl methyl sites for hydroxylation is 1. The van der Waals surface area contributed by atoms with Crippen LogP contribution in [0.25, 0.3) is 10.9 Å². The molecule has 136 valence electrons. The van der Waals surface area contributed by atoms with Crippen LogP contribution in [0.3, 0.4) is 0 Å². The van der Waals surface area contributed by atoms with Crippen molar-refractivity contribution in [1.29, 1.82) is 0 Å². The van der Waals surface area contributed by atoms with Gasteiger partial charge in [0.05, 0.1) is 10.9 Å². The first kappa shape index (κ1) is 16.0. The summed E-state index contributed by atoms with van der Waals surface area (Å²) in [6, 6.07) is 6.32. The van der Waals surface area contributed by atoms with Crippen molar-refractivity contribution in [3.05, 3.63) is 39.9 Å². The zero-order valence-electron chi connectivity index (χ0n) is 14.9. The van der Waals surface area contributed by atoms with Crippen LogP contribution in [-0.2, 0) is 13.0 Å². The predicted octanol–water partition coefficient (Wildman–Crippen LogP) is 1.70. The van der Waals surface area contributed by atoms with Gasteiger partial charge in [-0.3, -0.25) is 14.2 Å². The smallest absolute Gasteiger partial charge is 0.261 e. The molecule has 0 atom stereocenters. The Morgan fingerprint density at radius 2 is 1.92 bits per heavy atom. The largest absolute Gasteiger partial charge is 0.349 e. The third kappa shape index (κ3) is 2.82. The summed E-state index contributed by atoms with van der Waals surface area (Å²) >= 11 is 0. The number of hydrogen-bond acceptors (Lipinski definition) is 4. The van der Waals surface area contributed by atoms with Crippen LogP contribution in [0.4, 0.5) is 0 Å². The fourth-order valence-corrected chi connectivity index (χ4v) is 4.34. The van der Waals surface area contributed by atoms with Gasteiger partial charge in [0.25, 0.3) is 11.5 Å². The van der Waals surface area contributed by atoms with Crippen molar-refractivity contribution >= 4 is 16.8 Å². The molecule has 5 rings (SSSR count). The van der Waals surface area contributed by atoms with Gasteiger partial charge in [0.2, 0.25) is 0 Å². The SMILES string of the molecule is O=C(NC1CCN(C2CC2)CC1)c1ccc2c(=O)n3c(nc2c1)CCC3. The standard InChI is InChI=1S/C20H24N4O2/c25-19(21-14-7-10-23(11-8-14)15-4-5-15)13-3-6-16-17(12-13)22-18-2-1-9-24(18)20(16)26/h3,6,12,14-15H,1-2,4-5,7-11H2,(H,21,25). The average Bonchev–Trinajstić information content (AvgIpc) is 3.40. The van der Waals surface area contributed by atoms with Crippen molar-refractivity contribution in [2.75, 3.05) is 13.1 Å². The van der Waals surface area contributed by atoms with Crippen LogP contribution in [-0.4, -0.2) is 45.5 Å². The van der Waals surface area contributed by atoms with Crippen molar-refractivity contribution in [3.8, 4) is 0 Å². The number of nitrogens with one attached hydrogen (secondary N) is 1. The Bertz CT molecular complexity index is 923. The van der Waals surface area contributed by atoms with Gasteiger partial charge in [0.1, 0.15) is 5.82 Å². The summed E-state index contributed by atoms with van der Waals surface area (Å²) in [5, 5.41) is 3.77. The van der Waals surface area contributed by atoms with Crippen LogP contribution in [0.2, 0.25) is 0 Å². The van der Waals surface area contributed by atoms with E-state index in [9.17, 15) is 9.59 Å². The van der Waals surface area contributed by atoms with E-state index in [0.717, 1.165) is 57.2 Å². The van der Waals surface area contributed by atoms with Crippen LogP contribution < -0.4 is 10.9 Å². The van der Waals surface area contributed by atoms with E-state index in [1.807, 2.05) is 0 Å². The summed E-state index contributed by atoms with van der Waals surface area (Å²) in [6.45, 7) is 2.91. The molecule has 0 unspecified atom stereocenters. The third-order valence-corrected chi connectivity index (χ3v) is 6.01. The lowest BCUT2D eigenvalue weighted by atomic mass is 10.0. The quantitative estimate of drug-likeness (QED) is 0.913. The highest BCUT2D eigenvalue weighted by Crippen LogP contribution is 2.29. The number of benzene rings is 1. The minimum atomic E-state index is -0.0563. The van der Waals surface area contributed by atoms with Crippen molar-refractivity contribution in [2.45, 2.75) is 57.2 Å². The molecule has 6 heteroatoms. The number of carbonyl (C=O) groups excluding carboxylic acids is 1. The lowest BCUT2D eigenvalue weighted by molar-refractivity contribution is 0.0909. The molecule has 1 aromatic heterocycles. The first-order valence-corrected chi connectivity index (χ1v) is 9.77. The number of hydrogen-bond donors (Lipinski definition) is 1. The number of carbonyl (C=O) groups is 1. The molecule has 6 nitrogen and oxygen atoms in total. The van der Waals surface area contributed by atoms with Gasteiger partial charge in [-0.1, -0.05) is 0 Å². The number of likely N-dealkylation sites (tertiary alicyclic amines) is 1. The first-order chi connectivity index (χ1) is 12.7. The summed E-state index contributed by atoms with van der Waals surface area (Å²) in [5.41, 5.74) is 1.25. The second kappa shape index (κ2) is 6.20. The van der Waals surface area contributed by atoms with Gasteiger partial charge < -0.3 is 10.2 Å². The summed E-state index contributed by atoms with van der Waals surface area (Å²) in [7, 11) is 0. The zero-order valence-corrected chi connectivity index (χ0v) is 14.9. The van der Waals surface area contributed by atoms with E-state index in [0.29, 0.717) is 16.5 Å². The van der Waals surface area contributed by atoms with Crippen LogP contribution in [0.5, 0.6) is 0 Å². The van der Waals surface area contributed by atoms with Crippen LogP contribution in [0.15, 0.2) is 23.0 Å². The highest BCUT2D eigenvalue weighted by Gasteiger charge is 2.32. The number of amides is 1. The number of piperidine rings is 1. The molecule has 3 aliphatic rings. The fourth-order valence-electron chi connectivity index (χ4n) is 4.34. The maximum atomic E-state index is 12.7. The van der Waals surface area contributed by atoms with E-state index in [-0.39, 0.29) is 17.5 Å². The molecular formula is C20H24N4O2. The second-order valence-corrected chi connectivity index (χ2v) is 7.84. The Hall–Kier alpha value is -2.21.